The summed E-state index contributed by atoms with van der Waals surface area (Å²) >= 11 is 0. The molecule has 0 amide bonds. The molecule has 0 radical (unpaired) electrons. The Balaban J connectivity index is 1.94. The minimum absolute atomic E-state index is 0.300. The van der Waals surface area contributed by atoms with Crippen LogP contribution in [-0.2, 0) is 22.7 Å². The molecule has 0 aromatic carbocycles. The SMILES string of the molecule is O=[PH]1OCC2(COP(O)OC2)CO1. The number of rotatable bonds is 0. The summed E-state index contributed by atoms with van der Waals surface area (Å²) in [5, 5.41) is 0. The fourth-order valence-corrected chi connectivity index (χ4v) is 2.91. The van der Waals surface area contributed by atoms with Crippen molar-refractivity contribution in [1.29, 1.82) is 0 Å². The molecular formula is C5H10O6P2. The van der Waals surface area contributed by atoms with Gasteiger partial charge >= 0.3 is 16.9 Å². The van der Waals surface area contributed by atoms with Gasteiger partial charge in [-0.15, -0.1) is 0 Å². The van der Waals surface area contributed by atoms with Gasteiger partial charge in [0.05, 0.1) is 31.8 Å². The summed E-state index contributed by atoms with van der Waals surface area (Å²) in [5.74, 6) is 0. The Labute approximate surface area is 77.1 Å². The molecule has 2 aliphatic rings. The maximum atomic E-state index is 10.8. The molecule has 1 spiro atoms. The lowest BCUT2D eigenvalue weighted by Gasteiger charge is -2.38. The summed E-state index contributed by atoms with van der Waals surface area (Å²) in [6, 6.07) is 0. The molecule has 0 aromatic heterocycles. The summed E-state index contributed by atoms with van der Waals surface area (Å²) in [7, 11) is -4.03. The fourth-order valence-electron chi connectivity index (χ4n) is 1.14. The molecule has 2 heterocycles. The summed E-state index contributed by atoms with van der Waals surface area (Å²) < 4.78 is 30.5. The van der Waals surface area contributed by atoms with Gasteiger partial charge in [0, 0.05) is 0 Å². The standard InChI is InChI=1S/C5H10O6P2/c6-12-8-1-5(2-9-12)3-10-13(7)11-4-5/h6,13H,1-4H2. The molecule has 0 atom stereocenters. The number of hydrogen-bond donors (Lipinski definition) is 1. The number of hydrogen-bond acceptors (Lipinski definition) is 6. The van der Waals surface area contributed by atoms with E-state index in [1.54, 1.807) is 0 Å². The zero-order valence-corrected chi connectivity index (χ0v) is 8.66. The molecule has 0 bridgehead atoms. The Morgan fingerprint density at radius 1 is 1.15 bits per heavy atom. The molecule has 2 aliphatic heterocycles. The molecule has 0 unspecified atom stereocenters. The normalized spacial score (nSPS) is 46.5. The first-order valence-electron chi connectivity index (χ1n) is 3.75. The molecule has 2 saturated heterocycles. The van der Waals surface area contributed by atoms with E-state index in [0.29, 0.717) is 26.4 Å². The van der Waals surface area contributed by atoms with Crippen molar-refractivity contribution in [1.82, 2.24) is 0 Å². The lowest BCUT2D eigenvalue weighted by molar-refractivity contribution is -0.0640. The third-order valence-corrected chi connectivity index (χ3v) is 3.41. The second-order valence-corrected chi connectivity index (χ2v) is 5.18. The molecule has 2 fully saturated rings. The van der Waals surface area contributed by atoms with E-state index < -0.39 is 16.9 Å². The first kappa shape index (κ1) is 9.99. The van der Waals surface area contributed by atoms with Crippen molar-refractivity contribution in [3.8, 4) is 0 Å². The van der Waals surface area contributed by atoms with E-state index in [0.717, 1.165) is 0 Å². The third-order valence-electron chi connectivity index (χ3n) is 1.95. The van der Waals surface area contributed by atoms with Crippen molar-refractivity contribution in [2.45, 2.75) is 0 Å². The highest BCUT2D eigenvalue weighted by molar-refractivity contribution is 7.40. The minimum atomic E-state index is -2.30. The van der Waals surface area contributed by atoms with Crippen LogP contribution in [0.3, 0.4) is 0 Å². The Kier molecular flexibility index (Phi) is 3.01. The van der Waals surface area contributed by atoms with Gasteiger partial charge in [0.15, 0.2) is 0 Å². The third kappa shape index (κ3) is 2.28. The lowest BCUT2D eigenvalue weighted by Crippen LogP contribution is -2.44. The van der Waals surface area contributed by atoms with Gasteiger partial charge in [0.1, 0.15) is 0 Å². The van der Waals surface area contributed by atoms with Gasteiger partial charge in [0.2, 0.25) is 0 Å². The van der Waals surface area contributed by atoms with Crippen LogP contribution in [0.4, 0.5) is 0 Å². The smallest absolute Gasteiger partial charge is 0.328 e. The maximum absolute atomic E-state index is 10.8. The Morgan fingerprint density at radius 3 is 2.23 bits per heavy atom. The van der Waals surface area contributed by atoms with Gasteiger partial charge in [-0.1, -0.05) is 0 Å². The van der Waals surface area contributed by atoms with Gasteiger partial charge < -0.3 is 23.0 Å². The van der Waals surface area contributed by atoms with Crippen LogP contribution in [0, 0.1) is 5.41 Å². The largest absolute Gasteiger partial charge is 0.329 e. The van der Waals surface area contributed by atoms with Crippen LogP contribution in [0.15, 0.2) is 0 Å². The monoisotopic (exact) mass is 228 g/mol. The average molecular weight is 228 g/mol. The highest BCUT2D eigenvalue weighted by Gasteiger charge is 2.41. The predicted octanol–water partition coefficient (Wildman–Crippen LogP) is 0.675. The van der Waals surface area contributed by atoms with E-state index in [4.69, 9.17) is 23.0 Å². The van der Waals surface area contributed by atoms with Crippen molar-refractivity contribution >= 4 is 16.9 Å². The lowest BCUT2D eigenvalue weighted by atomic mass is 9.93. The molecule has 0 aromatic rings. The molecule has 13 heavy (non-hydrogen) atoms. The zero-order valence-electron chi connectivity index (χ0n) is 6.76. The van der Waals surface area contributed by atoms with Crippen molar-refractivity contribution in [2.75, 3.05) is 26.4 Å². The van der Waals surface area contributed by atoms with E-state index in [1.807, 2.05) is 0 Å². The van der Waals surface area contributed by atoms with Crippen molar-refractivity contribution in [2.24, 2.45) is 5.41 Å². The summed E-state index contributed by atoms with van der Waals surface area (Å²) in [6.07, 6.45) is 0. The van der Waals surface area contributed by atoms with Crippen molar-refractivity contribution in [3.63, 3.8) is 0 Å². The van der Waals surface area contributed by atoms with E-state index in [-0.39, 0.29) is 5.41 Å². The first-order valence-corrected chi connectivity index (χ1v) is 6.10. The second-order valence-electron chi connectivity index (χ2n) is 3.11. The molecular weight excluding hydrogens is 218 g/mol. The summed E-state index contributed by atoms with van der Waals surface area (Å²) in [4.78, 5) is 8.96. The molecule has 6 nitrogen and oxygen atoms in total. The fraction of sp³-hybridized carbons (Fsp3) is 1.00. The maximum Gasteiger partial charge on any atom is 0.329 e. The van der Waals surface area contributed by atoms with Gasteiger partial charge in [-0.25, -0.2) is 0 Å². The highest BCUT2D eigenvalue weighted by Crippen LogP contribution is 2.46. The first-order chi connectivity index (χ1) is 6.20. The van der Waals surface area contributed by atoms with E-state index in [2.05, 4.69) is 0 Å². The average Bonchev–Trinajstić information content (AvgIpc) is 2.16. The van der Waals surface area contributed by atoms with Crippen molar-refractivity contribution in [3.05, 3.63) is 0 Å². The van der Waals surface area contributed by atoms with Gasteiger partial charge in [0.25, 0.3) is 0 Å². The van der Waals surface area contributed by atoms with Crippen LogP contribution < -0.4 is 0 Å². The topological polar surface area (TPSA) is 74.2 Å². The molecule has 0 saturated carbocycles. The molecule has 0 aliphatic carbocycles. The Hall–Kier alpha value is 0.460. The molecule has 2 rings (SSSR count). The van der Waals surface area contributed by atoms with Gasteiger partial charge in [-0.3, -0.25) is 4.57 Å². The zero-order chi connectivity index (χ0) is 9.31. The summed E-state index contributed by atoms with van der Waals surface area (Å²) in [6.45, 7) is 1.25. The van der Waals surface area contributed by atoms with E-state index >= 15 is 0 Å². The van der Waals surface area contributed by atoms with Crippen LogP contribution in [0.1, 0.15) is 0 Å². The van der Waals surface area contributed by atoms with Crippen LogP contribution in [0.5, 0.6) is 0 Å². The molecule has 76 valence electrons. The van der Waals surface area contributed by atoms with E-state index in [9.17, 15) is 4.57 Å². The van der Waals surface area contributed by atoms with Gasteiger partial charge in [-0.2, -0.15) is 0 Å². The van der Waals surface area contributed by atoms with Crippen LogP contribution in [0.25, 0.3) is 0 Å². The van der Waals surface area contributed by atoms with Crippen LogP contribution >= 0.6 is 16.9 Å². The van der Waals surface area contributed by atoms with Crippen LogP contribution in [0.2, 0.25) is 0 Å². The quantitative estimate of drug-likeness (QED) is 0.614. The highest BCUT2D eigenvalue weighted by atomic mass is 31.2. The Bertz CT molecular complexity index is 201. The van der Waals surface area contributed by atoms with E-state index in [1.165, 1.54) is 0 Å². The van der Waals surface area contributed by atoms with Gasteiger partial charge in [-0.05, 0) is 0 Å². The second kappa shape index (κ2) is 3.91. The van der Waals surface area contributed by atoms with Crippen LogP contribution in [-0.4, -0.2) is 31.3 Å². The summed E-state index contributed by atoms with van der Waals surface area (Å²) in [5.41, 5.74) is -0.389. The molecule has 1 N–H and O–H groups in total. The predicted molar refractivity (Wildman–Crippen MR) is 44.4 cm³/mol. The van der Waals surface area contributed by atoms with Crippen molar-refractivity contribution < 1.29 is 27.6 Å². The Morgan fingerprint density at radius 2 is 1.69 bits per heavy atom. The molecule has 8 heteroatoms. The minimum Gasteiger partial charge on any atom is -0.328 e.